The van der Waals surface area contributed by atoms with Crippen molar-refractivity contribution in [1.29, 1.82) is 0 Å². The van der Waals surface area contributed by atoms with Gasteiger partial charge in [0.05, 0.1) is 0 Å². The Balaban J connectivity index is 2.49. The van der Waals surface area contributed by atoms with Gasteiger partial charge in [-0.25, -0.2) is 0 Å². The van der Waals surface area contributed by atoms with E-state index < -0.39 is 0 Å². The molecule has 0 spiro atoms. The van der Waals surface area contributed by atoms with E-state index in [9.17, 15) is 0 Å². The molecular weight excluding hydrogens is 196 g/mol. The van der Waals surface area contributed by atoms with Crippen molar-refractivity contribution in [2.24, 2.45) is 5.73 Å². The molecule has 0 aliphatic heterocycles. The fourth-order valence-electron chi connectivity index (χ4n) is 1.88. The number of anilines is 1. The molecule has 2 aromatic carbocycles. The molecule has 2 aromatic rings. The third kappa shape index (κ3) is 2.07. The number of hydrogen-bond acceptors (Lipinski definition) is 2. The van der Waals surface area contributed by atoms with Gasteiger partial charge in [-0.05, 0) is 47.4 Å². The van der Waals surface area contributed by atoms with Crippen molar-refractivity contribution < 1.29 is 0 Å². The Labute approximate surface area is 95.9 Å². The van der Waals surface area contributed by atoms with Gasteiger partial charge in [-0.3, -0.25) is 0 Å². The Kier molecular flexibility index (Phi) is 2.93. The Hall–Kier alpha value is -1.80. The van der Waals surface area contributed by atoms with E-state index in [1.807, 2.05) is 24.3 Å². The van der Waals surface area contributed by atoms with Crippen LogP contribution in [0, 0.1) is 6.92 Å². The summed E-state index contributed by atoms with van der Waals surface area (Å²) in [5.74, 6) is 0. The molecule has 0 bridgehead atoms. The molecule has 2 heteroatoms. The molecule has 0 aliphatic rings. The number of benzene rings is 2. The first-order chi connectivity index (χ1) is 7.70. The Morgan fingerprint density at radius 3 is 2.56 bits per heavy atom. The molecule has 0 amide bonds. The average Bonchev–Trinajstić information content (AvgIpc) is 2.29. The minimum absolute atomic E-state index is 0.571. The molecule has 0 aliphatic carbocycles. The molecule has 0 fully saturated rings. The van der Waals surface area contributed by atoms with Crippen LogP contribution in [0.1, 0.15) is 11.1 Å². The van der Waals surface area contributed by atoms with Crippen LogP contribution in [0.3, 0.4) is 0 Å². The lowest BCUT2D eigenvalue weighted by molar-refractivity contribution is 1.07. The first kappa shape index (κ1) is 10.7. The summed E-state index contributed by atoms with van der Waals surface area (Å²) in [6.45, 7) is 2.64. The van der Waals surface area contributed by atoms with Crippen molar-refractivity contribution in [3.8, 4) is 11.1 Å². The summed E-state index contributed by atoms with van der Waals surface area (Å²) in [6, 6.07) is 14.3. The molecule has 4 N–H and O–H groups in total. The Morgan fingerprint density at radius 2 is 1.88 bits per heavy atom. The van der Waals surface area contributed by atoms with Gasteiger partial charge in [-0.1, -0.05) is 24.3 Å². The average molecular weight is 212 g/mol. The van der Waals surface area contributed by atoms with Gasteiger partial charge < -0.3 is 11.5 Å². The van der Waals surface area contributed by atoms with Crippen LogP contribution in [0.25, 0.3) is 11.1 Å². The molecule has 0 saturated carbocycles. The Morgan fingerprint density at radius 1 is 1.06 bits per heavy atom. The van der Waals surface area contributed by atoms with Crippen LogP contribution < -0.4 is 11.5 Å². The fourth-order valence-corrected chi connectivity index (χ4v) is 1.88. The zero-order valence-corrected chi connectivity index (χ0v) is 9.40. The minimum atomic E-state index is 0.571. The monoisotopic (exact) mass is 212 g/mol. The van der Waals surface area contributed by atoms with Crippen LogP contribution in [-0.2, 0) is 6.54 Å². The first-order valence-electron chi connectivity index (χ1n) is 5.36. The summed E-state index contributed by atoms with van der Waals surface area (Å²) in [7, 11) is 0. The lowest BCUT2D eigenvalue weighted by Gasteiger charge is -2.08. The Bertz CT molecular complexity index is 504. The van der Waals surface area contributed by atoms with E-state index in [4.69, 9.17) is 11.5 Å². The van der Waals surface area contributed by atoms with E-state index in [1.54, 1.807) is 0 Å². The van der Waals surface area contributed by atoms with Gasteiger partial charge in [-0.2, -0.15) is 0 Å². The maximum absolute atomic E-state index is 5.74. The van der Waals surface area contributed by atoms with Gasteiger partial charge in [0, 0.05) is 12.2 Å². The molecule has 2 rings (SSSR count). The van der Waals surface area contributed by atoms with Crippen LogP contribution in [0.2, 0.25) is 0 Å². The van der Waals surface area contributed by atoms with E-state index in [0.717, 1.165) is 11.3 Å². The van der Waals surface area contributed by atoms with Crippen LogP contribution >= 0.6 is 0 Å². The molecule has 82 valence electrons. The highest BCUT2D eigenvalue weighted by Crippen LogP contribution is 2.25. The van der Waals surface area contributed by atoms with Gasteiger partial charge in [-0.15, -0.1) is 0 Å². The third-order valence-electron chi connectivity index (χ3n) is 2.72. The summed E-state index contributed by atoms with van der Waals surface area (Å²) in [5.41, 5.74) is 16.9. The summed E-state index contributed by atoms with van der Waals surface area (Å²) in [6.07, 6.45) is 0. The van der Waals surface area contributed by atoms with Crippen molar-refractivity contribution in [2.45, 2.75) is 13.5 Å². The van der Waals surface area contributed by atoms with E-state index >= 15 is 0 Å². The molecule has 0 radical (unpaired) electrons. The normalized spacial score (nSPS) is 10.4. The second-order valence-corrected chi connectivity index (χ2v) is 3.98. The quantitative estimate of drug-likeness (QED) is 0.752. The molecular formula is C14H16N2. The molecule has 0 heterocycles. The zero-order chi connectivity index (χ0) is 11.5. The van der Waals surface area contributed by atoms with Crippen molar-refractivity contribution >= 4 is 5.69 Å². The first-order valence-corrected chi connectivity index (χ1v) is 5.36. The maximum atomic E-state index is 5.74. The van der Waals surface area contributed by atoms with Crippen LogP contribution in [0.4, 0.5) is 5.69 Å². The standard InChI is InChI=1S/C14H16N2/c1-10-7-13(16)5-6-14(10)12-4-2-3-11(8-12)9-15/h2-8H,9,15-16H2,1H3. The summed E-state index contributed by atoms with van der Waals surface area (Å²) in [5, 5.41) is 0. The van der Waals surface area contributed by atoms with Crippen LogP contribution in [0.5, 0.6) is 0 Å². The summed E-state index contributed by atoms with van der Waals surface area (Å²) < 4.78 is 0. The van der Waals surface area contributed by atoms with Gasteiger partial charge in [0.1, 0.15) is 0 Å². The van der Waals surface area contributed by atoms with E-state index in [0.29, 0.717) is 6.54 Å². The lowest BCUT2D eigenvalue weighted by atomic mass is 9.98. The van der Waals surface area contributed by atoms with Gasteiger partial charge in [0.25, 0.3) is 0 Å². The smallest absolute Gasteiger partial charge is 0.0317 e. The second-order valence-electron chi connectivity index (χ2n) is 3.98. The largest absolute Gasteiger partial charge is 0.399 e. The van der Waals surface area contributed by atoms with Crippen LogP contribution in [-0.4, -0.2) is 0 Å². The number of hydrogen-bond donors (Lipinski definition) is 2. The number of nitrogens with two attached hydrogens (primary N) is 2. The number of rotatable bonds is 2. The number of aryl methyl sites for hydroxylation is 1. The van der Waals surface area contributed by atoms with Gasteiger partial charge in [0.15, 0.2) is 0 Å². The predicted octanol–water partition coefficient (Wildman–Crippen LogP) is 2.70. The summed E-state index contributed by atoms with van der Waals surface area (Å²) in [4.78, 5) is 0. The molecule has 0 saturated heterocycles. The van der Waals surface area contributed by atoms with Crippen molar-refractivity contribution in [3.05, 3.63) is 53.6 Å². The highest BCUT2D eigenvalue weighted by Gasteiger charge is 2.02. The maximum Gasteiger partial charge on any atom is 0.0317 e. The molecule has 0 atom stereocenters. The minimum Gasteiger partial charge on any atom is -0.399 e. The van der Waals surface area contributed by atoms with Crippen molar-refractivity contribution in [3.63, 3.8) is 0 Å². The van der Waals surface area contributed by atoms with Crippen molar-refractivity contribution in [1.82, 2.24) is 0 Å². The highest BCUT2D eigenvalue weighted by molar-refractivity contribution is 5.70. The fraction of sp³-hybridized carbons (Fsp3) is 0.143. The van der Waals surface area contributed by atoms with E-state index in [-0.39, 0.29) is 0 Å². The summed E-state index contributed by atoms with van der Waals surface area (Å²) >= 11 is 0. The van der Waals surface area contributed by atoms with Gasteiger partial charge >= 0.3 is 0 Å². The molecule has 0 unspecified atom stereocenters. The number of nitrogen functional groups attached to an aromatic ring is 1. The van der Waals surface area contributed by atoms with Crippen molar-refractivity contribution in [2.75, 3.05) is 5.73 Å². The molecule has 16 heavy (non-hydrogen) atoms. The zero-order valence-electron chi connectivity index (χ0n) is 9.40. The predicted molar refractivity (Wildman–Crippen MR) is 68.9 cm³/mol. The van der Waals surface area contributed by atoms with E-state index in [2.05, 4.69) is 25.1 Å². The SMILES string of the molecule is Cc1cc(N)ccc1-c1cccc(CN)c1. The molecule has 2 nitrogen and oxygen atoms in total. The third-order valence-corrected chi connectivity index (χ3v) is 2.72. The highest BCUT2D eigenvalue weighted by atomic mass is 14.5. The van der Waals surface area contributed by atoms with Gasteiger partial charge in [0.2, 0.25) is 0 Å². The van der Waals surface area contributed by atoms with Crippen LogP contribution in [0.15, 0.2) is 42.5 Å². The molecule has 0 aromatic heterocycles. The topological polar surface area (TPSA) is 52.0 Å². The lowest BCUT2D eigenvalue weighted by Crippen LogP contribution is -1.96. The van der Waals surface area contributed by atoms with E-state index in [1.165, 1.54) is 16.7 Å². The second kappa shape index (κ2) is 4.37.